The van der Waals surface area contributed by atoms with Crippen molar-refractivity contribution in [1.29, 1.82) is 0 Å². The minimum absolute atomic E-state index is 0.324. The summed E-state index contributed by atoms with van der Waals surface area (Å²) in [6, 6.07) is 11.7. The maximum atomic E-state index is 12.1. The predicted octanol–water partition coefficient (Wildman–Crippen LogP) is 5.93. The first kappa shape index (κ1) is 22.9. The van der Waals surface area contributed by atoms with Crippen LogP contribution in [0.25, 0.3) is 0 Å². The third kappa shape index (κ3) is 6.88. The first-order valence-electron chi connectivity index (χ1n) is 7.68. The van der Waals surface area contributed by atoms with Gasteiger partial charge >= 0.3 is 6.18 Å². The Bertz CT molecular complexity index is 830. The van der Waals surface area contributed by atoms with Crippen LogP contribution in [0.2, 0.25) is 0 Å². The molecule has 0 fully saturated rings. The van der Waals surface area contributed by atoms with Crippen molar-refractivity contribution in [2.24, 2.45) is 0 Å². The molecule has 26 heavy (non-hydrogen) atoms. The lowest BCUT2D eigenvalue weighted by atomic mass is 9.82. The van der Waals surface area contributed by atoms with Gasteiger partial charge in [-0.2, -0.15) is 21.6 Å². The van der Waals surface area contributed by atoms with Gasteiger partial charge in [-0.1, -0.05) is 39.0 Å². The Labute approximate surface area is 165 Å². The molecule has 0 aromatic heterocycles. The minimum Gasteiger partial charge on any atom is -0.282 e. The monoisotopic (exact) mass is 500 g/mol. The molecule has 0 aliphatic carbocycles. The molecule has 1 N–H and O–H groups in total. The largest absolute Gasteiger partial charge is 0.416 e. The highest BCUT2D eigenvalue weighted by atomic mass is 127. The summed E-state index contributed by atoms with van der Waals surface area (Å²) in [4.78, 5) is -0.771. The van der Waals surface area contributed by atoms with Crippen LogP contribution in [-0.4, -0.2) is 13.0 Å². The van der Waals surface area contributed by atoms with Crippen molar-refractivity contribution in [3.8, 4) is 0 Å². The topological polar surface area (TPSA) is 54.4 Å². The summed E-state index contributed by atoms with van der Waals surface area (Å²) >= 11 is 2.34. The lowest BCUT2D eigenvalue weighted by Crippen LogP contribution is -2.14. The summed E-state index contributed by atoms with van der Waals surface area (Å²) in [5, 5.41) is 0. The predicted molar refractivity (Wildman–Crippen MR) is 104 cm³/mol. The fraction of sp³-hybridized carbons (Fsp3) is 0.333. The highest BCUT2D eigenvalue weighted by Gasteiger charge is 2.31. The van der Waals surface area contributed by atoms with Crippen molar-refractivity contribution < 1.29 is 26.1 Å². The maximum Gasteiger partial charge on any atom is 0.416 e. The summed E-state index contributed by atoms with van der Waals surface area (Å²) in [7, 11) is -4.59. The van der Waals surface area contributed by atoms with Crippen molar-refractivity contribution in [3.63, 3.8) is 0 Å². The Kier molecular flexibility index (Phi) is 7.67. The van der Waals surface area contributed by atoms with Crippen LogP contribution in [0, 0.1) is 3.57 Å². The summed E-state index contributed by atoms with van der Waals surface area (Å²) in [5.74, 6) is 0. The zero-order valence-corrected chi connectivity index (χ0v) is 17.5. The second-order valence-electron chi connectivity index (χ2n) is 6.24. The van der Waals surface area contributed by atoms with E-state index in [2.05, 4.69) is 67.6 Å². The van der Waals surface area contributed by atoms with Gasteiger partial charge in [-0.25, -0.2) is 0 Å². The van der Waals surface area contributed by atoms with Gasteiger partial charge in [-0.15, -0.1) is 0 Å². The Balaban J connectivity index is 0.000000263. The van der Waals surface area contributed by atoms with E-state index < -0.39 is 26.8 Å². The zero-order valence-electron chi connectivity index (χ0n) is 14.5. The van der Waals surface area contributed by atoms with E-state index >= 15 is 0 Å². The molecule has 8 heteroatoms. The summed E-state index contributed by atoms with van der Waals surface area (Å²) in [5.41, 5.74) is 0.641. The Morgan fingerprint density at radius 2 is 1.54 bits per heavy atom. The van der Waals surface area contributed by atoms with E-state index in [0.717, 1.165) is 12.1 Å². The SMILES string of the molecule is CCC(C)(C)c1ccc(I)cc1.O=S(=O)(O)c1cccc(C(F)(F)F)c1. The molecule has 0 saturated carbocycles. The minimum atomic E-state index is -4.62. The smallest absolute Gasteiger partial charge is 0.282 e. The Morgan fingerprint density at radius 1 is 1.00 bits per heavy atom. The molecule has 0 amide bonds. The van der Waals surface area contributed by atoms with E-state index in [1.165, 1.54) is 15.6 Å². The van der Waals surface area contributed by atoms with Gasteiger partial charge in [0.15, 0.2) is 0 Å². The van der Waals surface area contributed by atoms with Crippen molar-refractivity contribution in [3.05, 3.63) is 63.2 Å². The summed E-state index contributed by atoms with van der Waals surface area (Å²) < 4.78 is 67.0. The van der Waals surface area contributed by atoms with Gasteiger partial charge in [-0.05, 0) is 70.3 Å². The summed E-state index contributed by atoms with van der Waals surface area (Å²) in [6.07, 6.45) is -3.44. The number of halogens is 4. The van der Waals surface area contributed by atoms with E-state index in [4.69, 9.17) is 4.55 Å². The Morgan fingerprint density at radius 3 is 1.96 bits per heavy atom. The van der Waals surface area contributed by atoms with Gasteiger partial charge in [0.2, 0.25) is 0 Å². The molecule has 2 aromatic rings. The first-order chi connectivity index (χ1) is 11.8. The van der Waals surface area contributed by atoms with Gasteiger partial charge in [0.1, 0.15) is 0 Å². The van der Waals surface area contributed by atoms with Crippen LogP contribution in [-0.2, 0) is 21.7 Å². The van der Waals surface area contributed by atoms with E-state index in [9.17, 15) is 21.6 Å². The van der Waals surface area contributed by atoms with Gasteiger partial charge in [0.25, 0.3) is 10.1 Å². The van der Waals surface area contributed by atoms with Crippen LogP contribution >= 0.6 is 22.6 Å². The average molecular weight is 500 g/mol. The summed E-state index contributed by atoms with van der Waals surface area (Å²) in [6.45, 7) is 6.81. The van der Waals surface area contributed by atoms with Crippen LogP contribution in [0.3, 0.4) is 0 Å². The van der Waals surface area contributed by atoms with Crippen LogP contribution in [0.1, 0.15) is 38.3 Å². The molecule has 0 aliphatic heterocycles. The average Bonchev–Trinajstić information content (AvgIpc) is 2.54. The van der Waals surface area contributed by atoms with Crippen LogP contribution < -0.4 is 0 Å². The van der Waals surface area contributed by atoms with E-state index in [0.29, 0.717) is 17.5 Å². The molecule has 0 radical (unpaired) electrons. The van der Waals surface area contributed by atoms with Crippen molar-refractivity contribution in [1.82, 2.24) is 0 Å². The molecule has 0 saturated heterocycles. The Hall–Kier alpha value is -1.13. The van der Waals surface area contributed by atoms with Gasteiger partial charge in [0, 0.05) is 3.57 Å². The third-order valence-corrected chi connectivity index (χ3v) is 5.54. The molecule has 0 bridgehead atoms. The van der Waals surface area contributed by atoms with E-state index in [1.54, 1.807) is 0 Å². The van der Waals surface area contributed by atoms with Crippen molar-refractivity contribution in [2.45, 2.75) is 43.7 Å². The number of hydrogen-bond donors (Lipinski definition) is 1. The molecule has 2 aromatic carbocycles. The highest BCUT2D eigenvalue weighted by molar-refractivity contribution is 14.1. The number of benzene rings is 2. The zero-order chi connectivity index (χ0) is 20.2. The van der Waals surface area contributed by atoms with Crippen molar-refractivity contribution in [2.75, 3.05) is 0 Å². The lowest BCUT2D eigenvalue weighted by molar-refractivity contribution is -0.137. The molecule has 0 unspecified atom stereocenters. The van der Waals surface area contributed by atoms with Crippen molar-refractivity contribution >= 4 is 32.7 Å². The molecular weight excluding hydrogens is 480 g/mol. The second kappa shape index (κ2) is 8.71. The van der Waals surface area contributed by atoms with E-state index in [1.807, 2.05) is 0 Å². The molecule has 3 nitrogen and oxygen atoms in total. The van der Waals surface area contributed by atoms with Gasteiger partial charge in [-0.3, -0.25) is 4.55 Å². The normalized spacial score (nSPS) is 12.3. The molecular formula is C18H20F3IO3S. The number of hydrogen-bond acceptors (Lipinski definition) is 2. The molecule has 2 rings (SSSR count). The molecule has 0 heterocycles. The van der Waals surface area contributed by atoms with Crippen LogP contribution in [0.5, 0.6) is 0 Å². The third-order valence-electron chi connectivity index (χ3n) is 3.97. The number of alkyl halides is 3. The molecule has 0 spiro atoms. The van der Waals surface area contributed by atoms with E-state index in [-0.39, 0.29) is 0 Å². The number of rotatable bonds is 3. The molecule has 0 atom stereocenters. The highest BCUT2D eigenvalue weighted by Crippen LogP contribution is 2.30. The fourth-order valence-corrected chi connectivity index (χ4v) is 2.82. The van der Waals surface area contributed by atoms with Crippen LogP contribution in [0.4, 0.5) is 13.2 Å². The van der Waals surface area contributed by atoms with Crippen LogP contribution in [0.15, 0.2) is 53.4 Å². The second-order valence-corrected chi connectivity index (χ2v) is 8.91. The van der Waals surface area contributed by atoms with Gasteiger partial charge in [0.05, 0.1) is 10.5 Å². The quantitative estimate of drug-likeness (QED) is 0.420. The van der Waals surface area contributed by atoms with Gasteiger partial charge < -0.3 is 0 Å². The molecule has 0 aliphatic rings. The maximum absolute atomic E-state index is 12.1. The lowest BCUT2D eigenvalue weighted by Gasteiger charge is -2.23. The molecule has 144 valence electrons. The standard InChI is InChI=1S/C11H15I.C7H5F3O3S/c1-4-11(2,3)9-5-7-10(12)8-6-9;8-7(9,10)5-2-1-3-6(4-5)14(11,12)13/h5-8H,4H2,1-3H3;1-4H,(H,11,12,13). The first-order valence-corrected chi connectivity index (χ1v) is 10.2. The fourth-order valence-electron chi connectivity index (χ4n) is 1.94.